The first kappa shape index (κ1) is 14.6. The van der Waals surface area contributed by atoms with Crippen LogP contribution in [0.4, 0.5) is 0 Å². The number of ether oxygens (including phenoxy) is 1. The van der Waals surface area contributed by atoms with Gasteiger partial charge in [0.25, 0.3) is 5.91 Å². The van der Waals surface area contributed by atoms with Crippen LogP contribution in [0.3, 0.4) is 0 Å². The van der Waals surface area contributed by atoms with E-state index < -0.39 is 0 Å². The van der Waals surface area contributed by atoms with E-state index in [1.807, 2.05) is 13.8 Å². The van der Waals surface area contributed by atoms with E-state index in [1.165, 1.54) is 0 Å². The van der Waals surface area contributed by atoms with Gasteiger partial charge < -0.3 is 9.64 Å². The van der Waals surface area contributed by atoms with Crippen LogP contribution in [0.2, 0.25) is 10.0 Å². The number of benzene rings is 1. The van der Waals surface area contributed by atoms with Crippen LogP contribution >= 0.6 is 23.2 Å². The summed E-state index contributed by atoms with van der Waals surface area (Å²) in [5.74, 6) is 0.190. The summed E-state index contributed by atoms with van der Waals surface area (Å²) >= 11 is 12.5. The van der Waals surface area contributed by atoms with E-state index >= 15 is 0 Å². The zero-order chi connectivity index (χ0) is 14.0. The molecule has 0 aliphatic carbocycles. The molecular weight excluding hydrogens is 285 g/mol. The third-order valence-corrected chi connectivity index (χ3v) is 3.83. The highest BCUT2D eigenvalue weighted by atomic mass is 35.5. The second kappa shape index (κ2) is 6.12. The minimum atomic E-state index is -0.0394. The standard InChI is InChI=1S/C14H17Cl2NO2/c1-9(2)13-11(15)7-10(8-12(13)16)14(18)17-3-5-19-6-4-17/h7-9H,3-6H2,1-2H3. The minimum Gasteiger partial charge on any atom is -0.378 e. The second-order valence-electron chi connectivity index (χ2n) is 4.91. The highest BCUT2D eigenvalue weighted by molar-refractivity contribution is 6.36. The molecule has 0 unspecified atom stereocenters. The van der Waals surface area contributed by atoms with Crippen LogP contribution in [0.15, 0.2) is 12.1 Å². The van der Waals surface area contributed by atoms with Crippen LogP contribution in [-0.4, -0.2) is 37.1 Å². The Morgan fingerprint density at radius 3 is 2.21 bits per heavy atom. The topological polar surface area (TPSA) is 29.5 Å². The number of carbonyl (C=O) groups is 1. The lowest BCUT2D eigenvalue weighted by Gasteiger charge is -2.27. The number of hydrogen-bond acceptors (Lipinski definition) is 2. The SMILES string of the molecule is CC(C)c1c(Cl)cc(C(=O)N2CCOCC2)cc1Cl. The van der Waals surface area contributed by atoms with Gasteiger partial charge in [0, 0.05) is 28.7 Å². The number of halogens is 2. The van der Waals surface area contributed by atoms with Gasteiger partial charge in [-0.2, -0.15) is 0 Å². The summed E-state index contributed by atoms with van der Waals surface area (Å²) in [6.45, 7) is 6.43. The Morgan fingerprint density at radius 1 is 1.21 bits per heavy atom. The Morgan fingerprint density at radius 2 is 1.74 bits per heavy atom. The summed E-state index contributed by atoms with van der Waals surface area (Å²) in [7, 11) is 0. The Kier molecular flexibility index (Phi) is 4.71. The Balaban J connectivity index is 2.28. The summed E-state index contributed by atoms with van der Waals surface area (Å²) in [4.78, 5) is 14.1. The Bertz CT molecular complexity index is 459. The van der Waals surface area contributed by atoms with Crippen molar-refractivity contribution in [2.24, 2.45) is 0 Å². The van der Waals surface area contributed by atoms with Crippen molar-refractivity contribution in [3.8, 4) is 0 Å². The monoisotopic (exact) mass is 301 g/mol. The van der Waals surface area contributed by atoms with E-state index in [4.69, 9.17) is 27.9 Å². The van der Waals surface area contributed by atoms with Crippen molar-refractivity contribution in [1.82, 2.24) is 4.90 Å². The van der Waals surface area contributed by atoms with Gasteiger partial charge in [0.1, 0.15) is 0 Å². The predicted molar refractivity (Wildman–Crippen MR) is 77.3 cm³/mol. The maximum absolute atomic E-state index is 12.3. The van der Waals surface area contributed by atoms with Crippen LogP contribution in [0.25, 0.3) is 0 Å². The second-order valence-corrected chi connectivity index (χ2v) is 5.73. The first-order valence-electron chi connectivity index (χ1n) is 6.36. The van der Waals surface area contributed by atoms with E-state index in [2.05, 4.69) is 0 Å². The fraction of sp³-hybridized carbons (Fsp3) is 0.500. The van der Waals surface area contributed by atoms with Crippen LogP contribution in [-0.2, 0) is 4.74 Å². The molecule has 1 aromatic carbocycles. The van der Waals surface area contributed by atoms with Crippen molar-refractivity contribution >= 4 is 29.1 Å². The molecule has 0 bridgehead atoms. The number of nitrogens with zero attached hydrogens (tertiary/aromatic N) is 1. The molecule has 19 heavy (non-hydrogen) atoms. The van der Waals surface area contributed by atoms with E-state index in [0.29, 0.717) is 41.9 Å². The average Bonchev–Trinajstić information content (AvgIpc) is 2.37. The fourth-order valence-electron chi connectivity index (χ4n) is 2.21. The van der Waals surface area contributed by atoms with Gasteiger partial charge >= 0.3 is 0 Å². The molecule has 0 spiro atoms. The normalized spacial score (nSPS) is 15.9. The molecule has 0 aromatic heterocycles. The molecule has 3 nitrogen and oxygen atoms in total. The maximum atomic E-state index is 12.3. The van der Waals surface area contributed by atoms with E-state index in [9.17, 15) is 4.79 Å². The van der Waals surface area contributed by atoms with Crippen molar-refractivity contribution in [1.29, 1.82) is 0 Å². The van der Waals surface area contributed by atoms with Crippen LogP contribution in [0, 0.1) is 0 Å². The van der Waals surface area contributed by atoms with Gasteiger partial charge in [-0.3, -0.25) is 4.79 Å². The maximum Gasteiger partial charge on any atom is 0.254 e. The number of amides is 1. The van der Waals surface area contributed by atoms with Crippen LogP contribution < -0.4 is 0 Å². The summed E-state index contributed by atoms with van der Waals surface area (Å²) in [5, 5.41) is 1.11. The molecule has 5 heteroatoms. The number of carbonyl (C=O) groups excluding carboxylic acids is 1. The Labute approximate surface area is 123 Å². The summed E-state index contributed by atoms with van der Waals surface area (Å²) < 4.78 is 5.24. The van der Waals surface area contributed by atoms with Gasteiger partial charge in [-0.1, -0.05) is 37.0 Å². The van der Waals surface area contributed by atoms with E-state index in [1.54, 1.807) is 17.0 Å². The lowest BCUT2D eigenvalue weighted by molar-refractivity contribution is 0.0303. The van der Waals surface area contributed by atoms with Gasteiger partial charge in [-0.15, -0.1) is 0 Å². The third kappa shape index (κ3) is 3.22. The number of hydrogen-bond donors (Lipinski definition) is 0. The fourth-order valence-corrected chi connectivity index (χ4v) is 3.13. The molecule has 1 aliphatic heterocycles. The van der Waals surface area contributed by atoms with Crippen molar-refractivity contribution < 1.29 is 9.53 Å². The molecule has 104 valence electrons. The zero-order valence-electron chi connectivity index (χ0n) is 11.1. The summed E-state index contributed by atoms with van der Waals surface area (Å²) in [6, 6.07) is 3.42. The van der Waals surface area contributed by atoms with Crippen LogP contribution in [0.1, 0.15) is 35.7 Å². The molecule has 1 heterocycles. The number of morpholine rings is 1. The van der Waals surface area contributed by atoms with Gasteiger partial charge in [-0.25, -0.2) is 0 Å². The average molecular weight is 302 g/mol. The quantitative estimate of drug-likeness (QED) is 0.835. The van der Waals surface area contributed by atoms with Gasteiger partial charge in [0.15, 0.2) is 0 Å². The zero-order valence-corrected chi connectivity index (χ0v) is 12.6. The summed E-state index contributed by atoms with van der Waals surface area (Å²) in [6.07, 6.45) is 0. The van der Waals surface area contributed by atoms with Crippen molar-refractivity contribution in [3.05, 3.63) is 33.3 Å². The first-order chi connectivity index (χ1) is 9.00. The highest BCUT2D eigenvalue weighted by Crippen LogP contribution is 2.33. The first-order valence-corrected chi connectivity index (χ1v) is 7.12. The van der Waals surface area contributed by atoms with Crippen LogP contribution in [0.5, 0.6) is 0 Å². The predicted octanol–water partition coefficient (Wildman–Crippen LogP) is 3.59. The van der Waals surface area contributed by atoms with Gasteiger partial charge in [0.05, 0.1) is 13.2 Å². The summed E-state index contributed by atoms with van der Waals surface area (Å²) in [5.41, 5.74) is 1.43. The van der Waals surface area contributed by atoms with Crippen molar-refractivity contribution in [2.45, 2.75) is 19.8 Å². The molecule has 0 saturated carbocycles. The molecule has 0 radical (unpaired) electrons. The van der Waals surface area contributed by atoms with Crippen molar-refractivity contribution in [2.75, 3.05) is 26.3 Å². The molecule has 1 aromatic rings. The molecule has 0 N–H and O–H groups in total. The van der Waals surface area contributed by atoms with Crippen molar-refractivity contribution in [3.63, 3.8) is 0 Å². The smallest absolute Gasteiger partial charge is 0.254 e. The lowest BCUT2D eigenvalue weighted by Crippen LogP contribution is -2.40. The molecular formula is C14H17Cl2NO2. The third-order valence-electron chi connectivity index (χ3n) is 3.20. The molecule has 2 rings (SSSR count). The molecule has 1 fully saturated rings. The van der Waals surface area contributed by atoms with Gasteiger partial charge in [-0.05, 0) is 23.6 Å². The molecule has 1 saturated heterocycles. The van der Waals surface area contributed by atoms with E-state index in [0.717, 1.165) is 5.56 Å². The minimum absolute atomic E-state index is 0.0394. The number of rotatable bonds is 2. The molecule has 0 atom stereocenters. The van der Waals surface area contributed by atoms with Gasteiger partial charge in [0.2, 0.25) is 0 Å². The lowest BCUT2D eigenvalue weighted by atomic mass is 10.0. The molecule has 1 amide bonds. The van der Waals surface area contributed by atoms with E-state index in [-0.39, 0.29) is 11.8 Å². The highest BCUT2D eigenvalue weighted by Gasteiger charge is 2.21. The molecule has 1 aliphatic rings. The Hall–Kier alpha value is -0.770. The largest absolute Gasteiger partial charge is 0.378 e.